The Morgan fingerprint density at radius 3 is 2.71 bits per heavy atom. The van der Waals surface area contributed by atoms with Crippen molar-refractivity contribution in [3.8, 4) is 16.9 Å². The number of nitrogens with zero attached hydrogens (tertiary/aromatic N) is 4. The van der Waals surface area contributed by atoms with Gasteiger partial charge in [-0.05, 0) is 65.7 Å². The summed E-state index contributed by atoms with van der Waals surface area (Å²) < 4.78 is 3.89. The van der Waals surface area contributed by atoms with E-state index in [2.05, 4.69) is 37.2 Å². The van der Waals surface area contributed by atoms with Gasteiger partial charge in [-0.2, -0.15) is 5.10 Å². The summed E-state index contributed by atoms with van der Waals surface area (Å²) in [5, 5.41) is 10.6. The molecule has 5 aromatic rings. The number of rotatable bonds is 4. The van der Waals surface area contributed by atoms with Gasteiger partial charge < -0.3 is 10.6 Å². The largest absolute Gasteiger partial charge is 0.352 e. The van der Waals surface area contributed by atoms with Crippen LogP contribution < -0.4 is 10.6 Å². The van der Waals surface area contributed by atoms with E-state index in [0.717, 1.165) is 45.1 Å². The van der Waals surface area contributed by atoms with E-state index in [1.807, 2.05) is 65.6 Å². The molecule has 7 nitrogen and oxygen atoms in total. The van der Waals surface area contributed by atoms with Gasteiger partial charge >= 0.3 is 0 Å². The van der Waals surface area contributed by atoms with E-state index in [-0.39, 0.29) is 5.91 Å². The Labute approximate surface area is 178 Å². The number of hydrogen-bond donors (Lipinski definition) is 2. The van der Waals surface area contributed by atoms with Crippen LogP contribution in [0.3, 0.4) is 0 Å². The average molecular weight is 406 g/mol. The monoisotopic (exact) mass is 406 g/mol. The molecule has 0 spiro atoms. The zero-order valence-electron chi connectivity index (χ0n) is 16.5. The number of benzene rings is 2. The molecule has 0 saturated heterocycles. The fraction of sp³-hybridized carbons (Fsp3) is 0.0417. The second-order valence-corrected chi connectivity index (χ2v) is 7.43. The first-order chi connectivity index (χ1) is 15.3. The lowest BCUT2D eigenvalue weighted by Crippen LogP contribution is -2.12. The van der Waals surface area contributed by atoms with Gasteiger partial charge in [-0.25, -0.2) is 9.67 Å². The maximum absolute atomic E-state index is 11.9. The van der Waals surface area contributed by atoms with Crippen LogP contribution in [0.4, 0.5) is 11.4 Å². The maximum Gasteiger partial charge on any atom is 0.251 e. The summed E-state index contributed by atoms with van der Waals surface area (Å²) in [6, 6.07) is 20.0. The topological polar surface area (TPSA) is 76.2 Å². The summed E-state index contributed by atoms with van der Waals surface area (Å²) >= 11 is 0. The van der Waals surface area contributed by atoms with E-state index in [1.54, 1.807) is 12.4 Å². The van der Waals surface area contributed by atoms with E-state index < -0.39 is 0 Å². The van der Waals surface area contributed by atoms with Gasteiger partial charge in [0.15, 0.2) is 5.65 Å². The minimum atomic E-state index is -0.00699. The highest BCUT2D eigenvalue weighted by Crippen LogP contribution is 2.30. The molecule has 7 heteroatoms. The molecule has 3 aromatic heterocycles. The number of pyridine rings is 1. The van der Waals surface area contributed by atoms with E-state index >= 15 is 0 Å². The number of imidazole rings is 1. The van der Waals surface area contributed by atoms with Crippen LogP contribution in [0.2, 0.25) is 0 Å². The van der Waals surface area contributed by atoms with Gasteiger partial charge in [0.1, 0.15) is 0 Å². The summed E-state index contributed by atoms with van der Waals surface area (Å²) in [7, 11) is 0. The predicted octanol–water partition coefficient (Wildman–Crippen LogP) is 4.17. The van der Waals surface area contributed by atoms with E-state index in [9.17, 15) is 4.79 Å². The molecule has 0 aliphatic carbocycles. The van der Waals surface area contributed by atoms with Gasteiger partial charge in [-0.15, -0.1) is 0 Å². The van der Waals surface area contributed by atoms with Crippen molar-refractivity contribution in [3.05, 3.63) is 96.6 Å². The Hall–Kier alpha value is -4.39. The summed E-state index contributed by atoms with van der Waals surface area (Å²) in [6.45, 7) is 0.573. The highest BCUT2D eigenvalue weighted by atomic mass is 16.1. The minimum Gasteiger partial charge on any atom is -0.352 e. The molecule has 31 heavy (non-hydrogen) atoms. The second kappa shape index (κ2) is 6.84. The molecular formula is C24H18N6O. The zero-order chi connectivity index (χ0) is 20.8. The molecule has 0 radical (unpaired) electrons. The highest BCUT2D eigenvalue weighted by Gasteiger charge is 2.19. The standard InChI is InChI=1S/C24H18N6O/c31-24-20-7-2-16(14-17(20)15-26-24)22-9-8-21(23-25-11-13-29(22)23)28-18-3-5-19(6-4-18)30-12-1-10-27-30/h1-14,28H,15H2,(H,26,31). The number of nitrogens with one attached hydrogen (secondary N) is 2. The van der Waals surface area contributed by atoms with Crippen LogP contribution in [0.5, 0.6) is 0 Å². The third kappa shape index (κ3) is 2.95. The highest BCUT2D eigenvalue weighted by molar-refractivity contribution is 5.99. The molecule has 0 bridgehead atoms. The fourth-order valence-corrected chi connectivity index (χ4v) is 4.01. The second-order valence-electron chi connectivity index (χ2n) is 7.43. The normalized spacial score (nSPS) is 12.7. The molecule has 0 fully saturated rings. The number of hydrogen-bond acceptors (Lipinski definition) is 4. The van der Waals surface area contributed by atoms with Crippen molar-refractivity contribution in [2.45, 2.75) is 6.54 Å². The summed E-state index contributed by atoms with van der Waals surface area (Å²) in [6.07, 6.45) is 7.43. The van der Waals surface area contributed by atoms with Gasteiger partial charge in [0.2, 0.25) is 0 Å². The first-order valence-corrected chi connectivity index (χ1v) is 10.0. The molecule has 0 atom stereocenters. The van der Waals surface area contributed by atoms with Crippen LogP contribution in [0.25, 0.3) is 22.6 Å². The fourth-order valence-electron chi connectivity index (χ4n) is 4.01. The molecule has 0 saturated carbocycles. The lowest BCUT2D eigenvalue weighted by molar-refractivity contribution is 0.0966. The summed E-state index contributed by atoms with van der Waals surface area (Å²) in [4.78, 5) is 16.4. The van der Waals surface area contributed by atoms with Crippen LogP contribution in [0.15, 0.2) is 85.5 Å². The predicted molar refractivity (Wildman–Crippen MR) is 119 cm³/mol. The summed E-state index contributed by atoms with van der Waals surface area (Å²) in [5.41, 5.74) is 7.57. The molecule has 4 heterocycles. The molecule has 6 rings (SSSR count). The van der Waals surface area contributed by atoms with E-state index in [0.29, 0.717) is 6.54 Å². The van der Waals surface area contributed by atoms with Crippen LogP contribution in [0, 0.1) is 0 Å². The van der Waals surface area contributed by atoms with Crippen molar-refractivity contribution >= 4 is 22.9 Å². The Morgan fingerprint density at radius 2 is 1.87 bits per heavy atom. The molecule has 150 valence electrons. The SMILES string of the molecule is O=C1NCc2cc(-c3ccc(Nc4ccc(-n5cccn5)cc4)c4nccn34)ccc21. The maximum atomic E-state index is 11.9. The van der Waals surface area contributed by atoms with Gasteiger partial charge in [-0.1, -0.05) is 6.07 Å². The number of carbonyl (C=O) groups excluding carboxylic acids is 1. The van der Waals surface area contributed by atoms with Crippen LogP contribution >= 0.6 is 0 Å². The number of aromatic nitrogens is 4. The minimum absolute atomic E-state index is 0.00699. The van der Waals surface area contributed by atoms with Gasteiger partial charge in [0.25, 0.3) is 5.91 Å². The first kappa shape index (κ1) is 17.5. The first-order valence-electron chi connectivity index (χ1n) is 10.0. The zero-order valence-corrected chi connectivity index (χ0v) is 16.5. The van der Waals surface area contributed by atoms with E-state index in [1.165, 1.54) is 0 Å². The molecule has 1 aliphatic heterocycles. The smallest absolute Gasteiger partial charge is 0.251 e. The van der Waals surface area contributed by atoms with E-state index in [4.69, 9.17) is 0 Å². The van der Waals surface area contributed by atoms with Gasteiger partial charge in [0.05, 0.1) is 17.1 Å². The quantitative estimate of drug-likeness (QED) is 0.470. The average Bonchev–Trinajstić information content (AvgIpc) is 3.56. The number of amides is 1. The molecule has 0 unspecified atom stereocenters. The Morgan fingerprint density at radius 1 is 0.968 bits per heavy atom. The number of carbonyl (C=O) groups is 1. The van der Waals surface area contributed by atoms with Crippen molar-refractivity contribution in [1.29, 1.82) is 0 Å². The van der Waals surface area contributed by atoms with Crippen molar-refractivity contribution in [3.63, 3.8) is 0 Å². The van der Waals surface area contributed by atoms with Crippen LogP contribution in [-0.4, -0.2) is 25.1 Å². The third-order valence-electron chi connectivity index (χ3n) is 5.55. The lowest BCUT2D eigenvalue weighted by atomic mass is 10.0. The van der Waals surface area contributed by atoms with Crippen molar-refractivity contribution in [1.82, 2.24) is 24.5 Å². The van der Waals surface area contributed by atoms with Crippen LogP contribution in [-0.2, 0) is 6.54 Å². The third-order valence-corrected chi connectivity index (χ3v) is 5.55. The van der Waals surface area contributed by atoms with Crippen molar-refractivity contribution in [2.75, 3.05) is 5.32 Å². The Bertz CT molecular complexity index is 1420. The lowest BCUT2D eigenvalue weighted by Gasteiger charge is -2.13. The molecule has 2 N–H and O–H groups in total. The van der Waals surface area contributed by atoms with Crippen molar-refractivity contribution < 1.29 is 4.79 Å². The Balaban J connectivity index is 1.34. The van der Waals surface area contributed by atoms with Gasteiger partial charge in [0, 0.05) is 42.6 Å². The molecule has 1 amide bonds. The molecule has 2 aromatic carbocycles. The number of anilines is 2. The van der Waals surface area contributed by atoms with Crippen LogP contribution in [0.1, 0.15) is 15.9 Å². The number of fused-ring (bicyclic) bond motifs is 2. The summed E-state index contributed by atoms with van der Waals surface area (Å²) in [5.74, 6) is -0.00699. The van der Waals surface area contributed by atoms with Crippen molar-refractivity contribution in [2.24, 2.45) is 0 Å². The molecule has 1 aliphatic rings. The Kier molecular flexibility index (Phi) is 3.86. The molecular weight excluding hydrogens is 388 g/mol. The van der Waals surface area contributed by atoms with Gasteiger partial charge in [-0.3, -0.25) is 9.20 Å².